The predicted molar refractivity (Wildman–Crippen MR) is 86.5 cm³/mol. The summed E-state index contributed by atoms with van der Waals surface area (Å²) in [7, 11) is 1.62. The van der Waals surface area contributed by atoms with Crippen LogP contribution in [0.2, 0.25) is 0 Å². The van der Waals surface area contributed by atoms with E-state index in [2.05, 4.69) is 31.4 Å². The van der Waals surface area contributed by atoms with Crippen LogP contribution in [0, 0.1) is 0 Å². The molecule has 0 radical (unpaired) electrons. The monoisotopic (exact) mass is 321 g/mol. The average molecular weight is 322 g/mol. The Morgan fingerprint density at radius 3 is 2.86 bits per heavy atom. The molecule has 3 aromatic rings. The van der Waals surface area contributed by atoms with E-state index in [0.29, 0.717) is 11.8 Å². The summed E-state index contributed by atoms with van der Waals surface area (Å²) in [5, 5.41) is 4.27. The molecule has 21 heavy (non-hydrogen) atoms. The van der Waals surface area contributed by atoms with Gasteiger partial charge in [0, 0.05) is 24.9 Å². The van der Waals surface area contributed by atoms with Gasteiger partial charge in [-0.2, -0.15) is 16.3 Å². The molecule has 0 bridgehead atoms. The summed E-state index contributed by atoms with van der Waals surface area (Å²) in [6.07, 6.45) is 1.70. The number of aryl methyl sites for hydroxylation is 3. The van der Waals surface area contributed by atoms with E-state index < -0.39 is 0 Å². The maximum Gasteiger partial charge on any atom is 0.215 e. The zero-order valence-electron chi connectivity index (χ0n) is 11.8. The van der Waals surface area contributed by atoms with Crippen molar-refractivity contribution in [2.24, 2.45) is 0 Å². The van der Waals surface area contributed by atoms with E-state index in [1.54, 1.807) is 18.4 Å². The molecule has 0 amide bonds. The van der Waals surface area contributed by atoms with Gasteiger partial charge in [0.1, 0.15) is 11.3 Å². The first-order valence-electron chi connectivity index (χ1n) is 6.79. The highest BCUT2D eigenvalue weighted by atomic mass is 35.5. The van der Waals surface area contributed by atoms with Crippen LogP contribution in [-0.2, 0) is 19.4 Å². The SMILES string of the molecule is COc1ccc2nc(CCCl)n(CCc3ccsc3)c2n1. The Hall–Kier alpha value is -1.59. The third-order valence-electron chi connectivity index (χ3n) is 3.38. The number of hydrogen-bond donors (Lipinski definition) is 0. The van der Waals surface area contributed by atoms with E-state index in [4.69, 9.17) is 16.3 Å². The topological polar surface area (TPSA) is 39.9 Å². The van der Waals surface area contributed by atoms with Crippen molar-refractivity contribution in [1.82, 2.24) is 14.5 Å². The van der Waals surface area contributed by atoms with E-state index in [0.717, 1.165) is 36.4 Å². The van der Waals surface area contributed by atoms with Gasteiger partial charge >= 0.3 is 0 Å². The number of ether oxygens (including phenoxy) is 1. The van der Waals surface area contributed by atoms with Crippen LogP contribution < -0.4 is 4.74 Å². The highest BCUT2D eigenvalue weighted by molar-refractivity contribution is 7.07. The third-order valence-corrected chi connectivity index (χ3v) is 4.30. The van der Waals surface area contributed by atoms with Gasteiger partial charge < -0.3 is 9.30 Å². The Kier molecular flexibility index (Phi) is 4.41. The Labute approximate surface area is 132 Å². The summed E-state index contributed by atoms with van der Waals surface area (Å²) in [4.78, 5) is 9.18. The van der Waals surface area contributed by atoms with Crippen molar-refractivity contribution in [3.63, 3.8) is 0 Å². The average Bonchev–Trinajstić information content (AvgIpc) is 3.12. The number of methoxy groups -OCH3 is 1. The second kappa shape index (κ2) is 6.45. The Balaban J connectivity index is 1.97. The second-order valence-corrected chi connectivity index (χ2v) is 5.85. The second-order valence-electron chi connectivity index (χ2n) is 4.70. The fourth-order valence-corrected chi connectivity index (χ4v) is 3.20. The van der Waals surface area contributed by atoms with E-state index in [1.165, 1.54) is 5.56 Å². The molecular weight excluding hydrogens is 306 g/mol. The molecule has 0 saturated heterocycles. The van der Waals surface area contributed by atoms with Crippen LogP contribution in [0.1, 0.15) is 11.4 Å². The normalized spacial score (nSPS) is 11.1. The number of nitrogens with zero attached hydrogens (tertiary/aromatic N) is 3. The molecule has 0 aromatic carbocycles. The smallest absolute Gasteiger partial charge is 0.215 e. The minimum Gasteiger partial charge on any atom is -0.481 e. The molecule has 0 spiro atoms. The van der Waals surface area contributed by atoms with Gasteiger partial charge in [-0.05, 0) is 34.9 Å². The fourth-order valence-electron chi connectivity index (χ4n) is 2.33. The highest BCUT2D eigenvalue weighted by Crippen LogP contribution is 2.20. The molecule has 3 aromatic heterocycles. The molecule has 4 nitrogen and oxygen atoms in total. The molecule has 110 valence electrons. The number of aromatic nitrogens is 3. The van der Waals surface area contributed by atoms with Crippen LogP contribution in [0.3, 0.4) is 0 Å². The Bertz CT molecular complexity index is 724. The van der Waals surface area contributed by atoms with Crippen LogP contribution in [0.5, 0.6) is 5.88 Å². The standard InChI is InChI=1S/C15H16ClN3OS/c1-20-14-3-2-12-15(18-14)19(13(17-12)4-7-16)8-5-11-6-9-21-10-11/h2-3,6,9-10H,4-5,7-8H2,1H3. The molecule has 0 atom stereocenters. The van der Waals surface area contributed by atoms with Gasteiger partial charge in [-0.15, -0.1) is 11.6 Å². The van der Waals surface area contributed by atoms with Crippen molar-refractivity contribution in [3.05, 3.63) is 40.3 Å². The number of pyridine rings is 1. The minimum atomic E-state index is 0.554. The van der Waals surface area contributed by atoms with Crippen LogP contribution in [-0.4, -0.2) is 27.5 Å². The predicted octanol–water partition coefficient (Wildman–Crippen LogP) is 3.53. The first kappa shape index (κ1) is 14.4. The van der Waals surface area contributed by atoms with E-state index in [9.17, 15) is 0 Å². The molecule has 6 heteroatoms. The largest absolute Gasteiger partial charge is 0.481 e. The van der Waals surface area contributed by atoms with Gasteiger partial charge in [0.05, 0.1) is 7.11 Å². The zero-order valence-corrected chi connectivity index (χ0v) is 13.3. The fraction of sp³-hybridized carbons (Fsp3) is 0.333. The highest BCUT2D eigenvalue weighted by Gasteiger charge is 2.12. The molecule has 0 aliphatic heterocycles. The summed E-state index contributed by atoms with van der Waals surface area (Å²) in [5.74, 6) is 2.14. The van der Waals surface area contributed by atoms with E-state index >= 15 is 0 Å². The van der Waals surface area contributed by atoms with Crippen molar-refractivity contribution in [2.75, 3.05) is 13.0 Å². The lowest BCUT2D eigenvalue weighted by atomic mass is 10.2. The van der Waals surface area contributed by atoms with Crippen molar-refractivity contribution in [1.29, 1.82) is 0 Å². The van der Waals surface area contributed by atoms with Gasteiger partial charge in [-0.3, -0.25) is 0 Å². The van der Waals surface area contributed by atoms with Crippen LogP contribution in [0.15, 0.2) is 29.0 Å². The van der Waals surface area contributed by atoms with Gasteiger partial charge in [0.2, 0.25) is 5.88 Å². The van der Waals surface area contributed by atoms with Gasteiger partial charge in [-0.25, -0.2) is 4.98 Å². The Morgan fingerprint density at radius 2 is 2.14 bits per heavy atom. The lowest BCUT2D eigenvalue weighted by molar-refractivity contribution is 0.399. The number of hydrogen-bond acceptors (Lipinski definition) is 4. The van der Waals surface area contributed by atoms with Crippen LogP contribution >= 0.6 is 22.9 Å². The minimum absolute atomic E-state index is 0.554. The van der Waals surface area contributed by atoms with Gasteiger partial charge in [0.15, 0.2) is 5.65 Å². The lowest BCUT2D eigenvalue weighted by Crippen LogP contribution is -2.07. The molecule has 0 unspecified atom stereocenters. The summed E-state index contributed by atoms with van der Waals surface area (Å²) >= 11 is 7.62. The van der Waals surface area contributed by atoms with E-state index in [1.807, 2.05) is 12.1 Å². The molecule has 3 heterocycles. The summed E-state index contributed by atoms with van der Waals surface area (Å²) in [5.41, 5.74) is 3.09. The quantitative estimate of drug-likeness (QED) is 0.652. The van der Waals surface area contributed by atoms with Crippen molar-refractivity contribution in [2.45, 2.75) is 19.4 Å². The lowest BCUT2D eigenvalue weighted by Gasteiger charge is -2.07. The molecule has 0 saturated carbocycles. The number of imidazole rings is 1. The van der Waals surface area contributed by atoms with Crippen LogP contribution in [0.4, 0.5) is 0 Å². The third kappa shape index (κ3) is 3.04. The van der Waals surface area contributed by atoms with Crippen LogP contribution in [0.25, 0.3) is 11.2 Å². The number of fused-ring (bicyclic) bond motifs is 1. The molecule has 0 fully saturated rings. The van der Waals surface area contributed by atoms with Gasteiger partial charge in [-0.1, -0.05) is 0 Å². The summed E-state index contributed by atoms with van der Waals surface area (Å²) in [6, 6.07) is 5.93. The van der Waals surface area contributed by atoms with Crippen molar-refractivity contribution >= 4 is 34.1 Å². The molecule has 0 N–H and O–H groups in total. The summed E-state index contributed by atoms with van der Waals surface area (Å²) in [6.45, 7) is 0.847. The zero-order chi connectivity index (χ0) is 14.7. The maximum atomic E-state index is 5.90. The van der Waals surface area contributed by atoms with Crippen molar-refractivity contribution in [3.8, 4) is 5.88 Å². The number of thiophene rings is 1. The van der Waals surface area contributed by atoms with Crippen molar-refractivity contribution < 1.29 is 4.74 Å². The number of halogens is 1. The number of alkyl halides is 1. The molecule has 3 rings (SSSR count). The number of rotatable bonds is 6. The van der Waals surface area contributed by atoms with Gasteiger partial charge in [0.25, 0.3) is 0 Å². The van der Waals surface area contributed by atoms with E-state index in [-0.39, 0.29) is 0 Å². The molecule has 0 aliphatic rings. The first-order valence-corrected chi connectivity index (χ1v) is 8.26. The molecular formula is C15H16ClN3OS. The maximum absolute atomic E-state index is 5.90. The summed E-state index contributed by atoms with van der Waals surface area (Å²) < 4.78 is 7.37. The Morgan fingerprint density at radius 1 is 1.24 bits per heavy atom. The molecule has 0 aliphatic carbocycles. The first-order chi connectivity index (χ1) is 10.3.